The lowest BCUT2D eigenvalue weighted by Crippen LogP contribution is -2.09. The van der Waals surface area contributed by atoms with Gasteiger partial charge in [-0.3, -0.25) is 0 Å². The van der Waals surface area contributed by atoms with Crippen LogP contribution < -0.4 is 0 Å². The molecule has 0 aromatic heterocycles. The van der Waals surface area contributed by atoms with E-state index in [0.717, 1.165) is 11.1 Å². The molecule has 0 radical (unpaired) electrons. The van der Waals surface area contributed by atoms with Crippen molar-refractivity contribution in [3.63, 3.8) is 0 Å². The molecule has 1 aromatic rings. The van der Waals surface area contributed by atoms with E-state index in [1.807, 2.05) is 26.0 Å². The van der Waals surface area contributed by atoms with E-state index in [0.29, 0.717) is 5.75 Å². The number of aromatic hydroxyl groups is 1. The van der Waals surface area contributed by atoms with Crippen LogP contribution in [0.5, 0.6) is 5.75 Å². The molecule has 0 aliphatic carbocycles. The van der Waals surface area contributed by atoms with E-state index in [-0.39, 0.29) is 0 Å². The quantitative estimate of drug-likeness (QED) is 0.561. The van der Waals surface area contributed by atoms with Crippen LogP contribution in [0.1, 0.15) is 11.1 Å². The van der Waals surface area contributed by atoms with E-state index in [1.54, 1.807) is 6.07 Å². The number of hydrogen-bond donors (Lipinski definition) is 3. The number of aryl methyl sites for hydroxylation is 1. The Morgan fingerprint density at radius 2 is 1.53 bits per heavy atom. The largest absolute Gasteiger partial charge is 0.508 e. The molecule has 3 N–H and O–H groups in total. The molecule has 0 unspecified atom stereocenters. The SMILES string of the molecule is Cc1cccc(O)c1C.O=C(O)C(=O)O. The highest BCUT2D eigenvalue weighted by Crippen LogP contribution is 2.17. The van der Waals surface area contributed by atoms with Crippen molar-refractivity contribution in [3.8, 4) is 5.75 Å². The lowest BCUT2D eigenvalue weighted by atomic mass is 10.1. The summed E-state index contributed by atoms with van der Waals surface area (Å²) in [6, 6.07) is 5.52. The van der Waals surface area contributed by atoms with Gasteiger partial charge < -0.3 is 15.3 Å². The van der Waals surface area contributed by atoms with Crippen LogP contribution in [-0.2, 0) is 9.59 Å². The average Bonchev–Trinajstić information content (AvgIpc) is 2.15. The van der Waals surface area contributed by atoms with Crippen LogP contribution in [0.4, 0.5) is 0 Å². The molecule has 0 spiro atoms. The highest BCUT2D eigenvalue weighted by Gasteiger charge is 2.04. The van der Waals surface area contributed by atoms with Gasteiger partial charge in [0.15, 0.2) is 0 Å². The summed E-state index contributed by atoms with van der Waals surface area (Å²) in [5.41, 5.74) is 2.10. The summed E-state index contributed by atoms with van der Waals surface area (Å²) in [7, 11) is 0. The smallest absolute Gasteiger partial charge is 0.414 e. The molecule has 82 valence electrons. The summed E-state index contributed by atoms with van der Waals surface area (Å²) in [6.07, 6.45) is 0. The number of phenolic OH excluding ortho intramolecular Hbond substituents is 1. The number of hydrogen-bond acceptors (Lipinski definition) is 3. The number of carboxylic acid groups (broad SMARTS) is 2. The summed E-state index contributed by atoms with van der Waals surface area (Å²) >= 11 is 0. The minimum Gasteiger partial charge on any atom is -0.508 e. The van der Waals surface area contributed by atoms with Crippen LogP contribution >= 0.6 is 0 Å². The monoisotopic (exact) mass is 212 g/mol. The van der Waals surface area contributed by atoms with Crippen LogP contribution in [0.15, 0.2) is 18.2 Å². The van der Waals surface area contributed by atoms with Gasteiger partial charge in [0.1, 0.15) is 5.75 Å². The van der Waals surface area contributed by atoms with Gasteiger partial charge in [-0.15, -0.1) is 0 Å². The van der Waals surface area contributed by atoms with Gasteiger partial charge in [0.25, 0.3) is 0 Å². The van der Waals surface area contributed by atoms with Crippen molar-refractivity contribution in [2.75, 3.05) is 0 Å². The third kappa shape index (κ3) is 4.66. The Hall–Kier alpha value is -2.04. The second-order valence-corrected chi connectivity index (χ2v) is 2.83. The molecule has 0 fully saturated rings. The van der Waals surface area contributed by atoms with Gasteiger partial charge in [-0.05, 0) is 31.0 Å². The van der Waals surface area contributed by atoms with Gasteiger partial charge in [-0.2, -0.15) is 0 Å². The molecule has 0 atom stereocenters. The molecule has 0 saturated heterocycles. The summed E-state index contributed by atoms with van der Waals surface area (Å²) < 4.78 is 0. The zero-order valence-corrected chi connectivity index (χ0v) is 8.39. The minimum absolute atomic E-state index is 0.384. The molecule has 0 heterocycles. The van der Waals surface area contributed by atoms with Crippen molar-refractivity contribution in [1.29, 1.82) is 0 Å². The molecule has 1 aromatic carbocycles. The first-order valence-electron chi connectivity index (χ1n) is 4.07. The van der Waals surface area contributed by atoms with E-state index in [4.69, 9.17) is 24.9 Å². The Morgan fingerprint density at radius 1 is 1.07 bits per heavy atom. The van der Waals surface area contributed by atoms with E-state index in [2.05, 4.69) is 0 Å². The van der Waals surface area contributed by atoms with Gasteiger partial charge in [0.05, 0.1) is 0 Å². The highest BCUT2D eigenvalue weighted by atomic mass is 16.4. The normalized spacial score (nSPS) is 8.67. The Balaban J connectivity index is 0.000000288. The van der Waals surface area contributed by atoms with Crippen molar-refractivity contribution in [2.45, 2.75) is 13.8 Å². The lowest BCUT2D eigenvalue weighted by molar-refractivity contribution is -0.159. The maximum absolute atomic E-state index is 9.10. The second kappa shape index (κ2) is 5.64. The van der Waals surface area contributed by atoms with E-state index in [9.17, 15) is 0 Å². The Bertz CT molecular complexity index is 338. The van der Waals surface area contributed by atoms with Gasteiger partial charge in [-0.1, -0.05) is 12.1 Å². The van der Waals surface area contributed by atoms with Crippen LogP contribution in [0.25, 0.3) is 0 Å². The average molecular weight is 212 g/mol. The number of aliphatic carboxylic acids is 2. The van der Waals surface area contributed by atoms with E-state index in [1.165, 1.54) is 0 Å². The molecular weight excluding hydrogens is 200 g/mol. The van der Waals surface area contributed by atoms with Crippen LogP contribution in [0, 0.1) is 13.8 Å². The van der Waals surface area contributed by atoms with Crippen molar-refractivity contribution in [1.82, 2.24) is 0 Å². The third-order valence-corrected chi connectivity index (χ3v) is 1.76. The summed E-state index contributed by atoms with van der Waals surface area (Å²) in [4.78, 5) is 18.2. The zero-order chi connectivity index (χ0) is 12.0. The number of carboxylic acids is 2. The first kappa shape index (κ1) is 13.0. The maximum atomic E-state index is 9.10. The van der Waals surface area contributed by atoms with Gasteiger partial charge in [-0.25, -0.2) is 9.59 Å². The molecule has 15 heavy (non-hydrogen) atoms. The topological polar surface area (TPSA) is 94.8 Å². The Labute approximate surface area is 86.6 Å². The molecule has 0 aliphatic heterocycles. The number of benzene rings is 1. The standard InChI is InChI=1S/C8H10O.C2H2O4/c1-6-4-3-5-8(9)7(6)2;3-1(4)2(5)6/h3-5,9H,1-2H3;(H,3,4)(H,5,6). The highest BCUT2D eigenvalue weighted by molar-refractivity contribution is 6.27. The van der Waals surface area contributed by atoms with Crippen molar-refractivity contribution in [3.05, 3.63) is 29.3 Å². The molecule has 0 saturated carbocycles. The zero-order valence-electron chi connectivity index (χ0n) is 8.39. The maximum Gasteiger partial charge on any atom is 0.414 e. The predicted molar refractivity (Wildman–Crippen MR) is 52.9 cm³/mol. The third-order valence-electron chi connectivity index (χ3n) is 1.76. The fraction of sp³-hybridized carbons (Fsp3) is 0.200. The summed E-state index contributed by atoms with van der Waals surface area (Å²) in [5, 5.41) is 23.9. The predicted octanol–water partition coefficient (Wildman–Crippen LogP) is 1.16. The molecule has 5 nitrogen and oxygen atoms in total. The van der Waals surface area contributed by atoms with Crippen molar-refractivity contribution in [2.24, 2.45) is 0 Å². The molecule has 0 aliphatic rings. The van der Waals surface area contributed by atoms with Gasteiger partial charge in [0, 0.05) is 0 Å². The van der Waals surface area contributed by atoms with Crippen molar-refractivity contribution >= 4 is 11.9 Å². The first-order chi connectivity index (χ1) is 6.86. The fourth-order valence-electron chi connectivity index (χ4n) is 0.736. The number of phenols is 1. The van der Waals surface area contributed by atoms with Crippen molar-refractivity contribution < 1.29 is 24.9 Å². The lowest BCUT2D eigenvalue weighted by Gasteiger charge is -1.99. The summed E-state index contributed by atoms with van der Waals surface area (Å²) in [6.45, 7) is 3.89. The van der Waals surface area contributed by atoms with E-state index < -0.39 is 11.9 Å². The van der Waals surface area contributed by atoms with Crippen LogP contribution in [-0.4, -0.2) is 27.3 Å². The number of rotatable bonds is 0. The first-order valence-corrected chi connectivity index (χ1v) is 4.07. The minimum atomic E-state index is -1.82. The van der Waals surface area contributed by atoms with Crippen LogP contribution in [0.2, 0.25) is 0 Å². The van der Waals surface area contributed by atoms with Crippen LogP contribution in [0.3, 0.4) is 0 Å². The second-order valence-electron chi connectivity index (χ2n) is 2.83. The Kier molecular flexibility index (Phi) is 4.87. The van der Waals surface area contributed by atoms with E-state index >= 15 is 0 Å². The fourth-order valence-corrected chi connectivity index (χ4v) is 0.736. The molecule has 1 rings (SSSR count). The molecular formula is C10H12O5. The molecule has 5 heteroatoms. The number of carbonyl (C=O) groups is 2. The summed E-state index contributed by atoms with van der Waals surface area (Å²) in [5.74, 6) is -3.26. The van der Waals surface area contributed by atoms with Gasteiger partial charge >= 0.3 is 11.9 Å². The van der Waals surface area contributed by atoms with Gasteiger partial charge in [0.2, 0.25) is 0 Å². The Morgan fingerprint density at radius 3 is 1.80 bits per heavy atom. The molecule has 0 amide bonds. The molecule has 0 bridgehead atoms.